The summed E-state index contributed by atoms with van der Waals surface area (Å²) in [5.41, 5.74) is 2.41. The number of hydrogen-bond acceptors (Lipinski definition) is 4. The monoisotopic (exact) mass is 423 g/mol. The molecule has 5 rings (SSSR count). The van der Waals surface area contributed by atoms with Crippen LogP contribution >= 0.6 is 22.9 Å². The van der Waals surface area contributed by atoms with Crippen molar-refractivity contribution in [1.29, 1.82) is 0 Å². The molecule has 3 atom stereocenters. The molecule has 2 heterocycles. The van der Waals surface area contributed by atoms with E-state index in [-0.39, 0.29) is 18.1 Å². The van der Waals surface area contributed by atoms with Crippen molar-refractivity contribution >= 4 is 50.3 Å². The Hall–Kier alpha value is -2.37. The van der Waals surface area contributed by atoms with E-state index in [1.54, 1.807) is 0 Å². The van der Waals surface area contributed by atoms with Gasteiger partial charge in [-0.05, 0) is 38.0 Å². The van der Waals surface area contributed by atoms with Crippen molar-refractivity contribution in [2.24, 2.45) is 4.99 Å². The Balaban J connectivity index is 1.31. The lowest BCUT2D eigenvalue weighted by Gasteiger charge is -2.35. The lowest BCUT2D eigenvalue weighted by Crippen LogP contribution is -2.47. The summed E-state index contributed by atoms with van der Waals surface area (Å²) < 4.78 is 1.04. The van der Waals surface area contributed by atoms with Gasteiger partial charge in [0.2, 0.25) is 0 Å². The highest BCUT2D eigenvalue weighted by molar-refractivity contribution is 7.21. The van der Waals surface area contributed by atoms with Crippen molar-refractivity contribution in [3.8, 4) is 0 Å². The van der Waals surface area contributed by atoms with Crippen molar-refractivity contribution in [2.45, 2.75) is 44.4 Å². The molecule has 1 saturated carbocycles. The Morgan fingerprint density at radius 3 is 2.69 bits per heavy atom. The van der Waals surface area contributed by atoms with Crippen LogP contribution in [0, 0.1) is 0 Å². The van der Waals surface area contributed by atoms with Gasteiger partial charge in [-0.1, -0.05) is 48.0 Å². The van der Waals surface area contributed by atoms with Gasteiger partial charge in [0, 0.05) is 33.9 Å². The minimum atomic E-state index is -0.0776. The Bertz CT molecular complexity index is 1090. The molecule has 29 heavy (non-hydrogen) atoms. The molecule has 4 nitrogen and oxygen atoms in total. The normalized spacial score (nSPS) is 23.7. The third kappa shape index (κ3) is 3.32. The third-order valence-corrected chi connectivity index (χ3v) is 7.52. The predicted molar refractivity (Wildman–Crippen MR) is 122 cm³/mol. The molecular weight excluding hydrogens is 402 g/mol. The number of amides is 1. The molecule has 2 aliphatic rings. The summed E-state index contributed by atoms with van der Waals surface area (Å²) in [4.78, 5) is 20.8. The number of nitrogens with one attached hydrogen (secondary N) is 1. The van der Waals surface area contributed by atoms with Crippen LogP contribution in [0.1, 0.15) is 35.9 Å². The van der Waals surface area contributed by atoms with Crippen LogP contribution in [-0.4, -0.2) is 29.9 Å². The summed E-state index contributed by atoms with van der Waals surface area (Å²) >= 11 is 7.94. The highest BCUT2D eigenvalue weighted by atomic mass is 35.5. The first kappa shape index (κ1) is 18.6. The highest BCUT2D eigenvalue weighted by Crippen LogP contribution is 2.36. The molecule has 148 valence electrons. The van der Waals surface area contributed by atoms with E-state index in [4.69, 9.17) is 16.6 Å². The van der Waals surface area contributed by atoms with Crippen LogP contribution in [0.5, 0.6) is 0 Å². The number of hydrogen-bond donors (Lipinski definition) is 1. The summed E-state index contributed by atoms with van der Waals surface area (Å²) in [6.45, 7) is 2.14. The minimum absolute atomic E-state index is 0.0776. The average Bonchev–Trinajstić information content (AvgIpc) is 3.25. The Morgan fingerprint density at radius 2 is 1.90 bits per heavy atom. The van der Waals surface area contributed by atoms with Crippen molar-refractivity contribution < 1.29 is 4.79 Å². The maximum Gasteiger partial charge on any atom is 0.263 e. The van der Waals surface area contributed by atoms with Gasteiger partial charge in [-0.25, -0.2) is 0 Å². The van der Waals surface area contributed by atoms with E-state index in [9.17, 15) is 4.79 Å². The topological polar surface area (TPSA) is 44.7 Å². The third-order valence-electron chi connectivity index (χ3n) is 5.85. The number of aliphatic imine (C=N–C) groups is 1. The standard InChI is InChI=1S/C23H22ClN3OS/c1-14-25-18-13-15(11-12-19(18)27(14)16-7-3-2-4-8-16)26-23(28)22-21(24)17-9-5-6-10-20(17)29-22/h2-10,14-15,19H,11-13H2,1H3,(H,26,28). The molecule has 2 aromatic carbocycles. The van der Waals surface area contributed by atoms with Crippen LogP contribution in [-0.2, 0) is 0 Å². The highest BCUT2D eigenvalue weighted by Gasteiger charge is 2.38. The number of benzene rings is 2. The molecule has 0 spiro atoms. The molecule has 1 aliphatic heterocycles. The molecule has 0 saturated heterocycles. The van der Waals surface area contributed by atoms with Gasteiger partial charge >= 0.3 is 0 Å². The lowest BCUT2D eigenvalue weighted by atomic mass is 9.88. The Labute approximate surface area is 179 Å². The van der Waals surface area contributed by atoms with E-state index >= 15 is 0 Å². The van der Waals surface area contributed by atoms with Gasteiger partial charge in [-0.15, -0.1) is 11.3 Å². The number of fused-ring (bicyclic) bond motifs is 2. The molecule has 1 N–H and O–H groups in total. The Kier molecular flexibility index (Phi) is 4.80. The van der Waals surface area contributed by atoms with Gasteiger partial charge in [0.05, 0.1) is 11.1 Å². The summed E-state index contributed by atoms with van der Waals surface area (Å²) in [6.07, 6.45) is 2.85. The van der Waals surface area contributed by atoms with Crippen LogP contribution in [0.15, 0.2) is 59.6 Å². The van der Waals surface area contributed by atoms with Crippen molar-refractivity contribution in [3.63, 3.8) is 0 Å². The fourth-order valence-electron chi connectivity index (χ4n) is 4.55. The molecule has 0 radical (unpaired) electrons. The number of carbonyl (C=O) groups is 1. The molecule has 0 bridgehead atoms. The van der Waals surface area contributed by atoms with E-state index in [0.29, 0.717) is 15.9 Å². The summed E-state index contributed by atoms with van der Waals surface area (Å²) in [6, 6.07) is 18.8. The second kappa shape index (κ2) is 7.47. The second-order valence-corrected chi connectivity index (χ2v) is 9.13. The second-order valence-electron chi connectivity index (χ2n) is 7.70. The number of rotatable bonds is 3. The maximum absolute atomic E-state index is 12.9. The SMILES string of the molecule is CC1N=C2CC(NC(=O)c3sc4ccccc4c3Cl)CCC2N1c1ccccc1. The largest absolute Gasteiger partial charge is 0.348 e. The molecule has 1 aromatic heterocycles. The van der Waals surface area contributed by atoms with Gasteiger partial charge in [0.25, 0.3) is 5.91 Å². The van der Waals surface area contributed by atoms with E-state index in [1.807, 2.05) is 30.3 Å². The smallest absolute Gasteiger partial charge is 0.263 e. The van der Waals surface area contributed by atoms with Crippen LogP contribution in [0.2, 0.25) is 5.02 Å². The fraction of sp³-hybridized carbons (Fsp3) is 0.304. The predicted octanol–water partition coefficient (Wildman–Crippen LogP) is 5.51. The van der Waals surface area contributed by atoms with E-state index in [1.165, 1.54) is 22.7 Å². The summed E-state index contributed by atoms with van der Waals surface area (Å²) in [5, 5.41) is 4.71. The van der Waals surface area contributed by atoms with Crippen LogP contribution in [0.3, 0.4) is 0 Å². The molecule has 1 amide bonds. The maximum atomic E-state index is 12.9. The number of para-hydroxylation sites is 1. The van der Waals surface area contributed by atoms with Gasteiger partial charge < -0.3 is 10.2 Å². The zero-order chi connectivity index (χ0) is 20.0. The number of halogens is 1. The molecule has 1 aliphatic carbocycles. The first-order chi connectivity index (χ1) is 14.1. The fourth-order valence-corrected chi connectivity index (χ4v) is 5.97. The molecule has 1 fully saturated rings. The van der Waals surface area contributed by atoms with Crippen molar-refractivity contribution in [1.82, 2.24) is 5.32 Å². The van der Waals surface area contributed by atoms with Gasteiger partial charge in [0.1, 0.15) is 11.0 Å². The first-order valence-electron chi connectivity index (χ1n) is 9.99. The van der Waals surface area contributed by atoms with E-state index < -0.39 is 0 Å². The van der Waals surface area contributed by atoms with Gasteiger partial charge in [-0.3, -0.25) is 9.79 Å². The van der Waals surface area contributed by atoms with E-state index in [2.05, 4.69) is 41.4 Å². The quantitative estimate of drug-likeness (QED) is 0.603. The van der Waals surface area contributed by atoms with Crippen LogP contribution in [0.4, 0.5) is 5.69 Å². The average molecular weight is 424 g/mol. The van der Waals surface area contributed by atoms with Crippen LogP contribution in [0.25, 0.3) is 10.1 Å². The lowest BCUT2D eigenvalue weighted by molar-refractivity contribution is 0.0938. The number of carbonyl (C=O) groups excluding carboxylic acids is 1. The molecule has 3 aromatic rings. The zero-order valence-corrected chi connectivity index (χ0v) is 17.7. The zero-order valence-electron chi connectivity index (χ0n) is 16.1. The minimum Gasteiger partial charge on any atom is -0.348 e. The molecule has 6 heteroatoms. The van der Waals surface area contributed by atoms with Crippen molar-refractivity contribution in [3.05, 3.63) is 64.5 Å². The van der Waals surface area contributed by atoms with E-state index in [0.717, 1.165) is 29.3 Å². The van der Waals surface area contributed by atoms with Crippen LogP contribution < -0.4 is 10.2 Å². The Morgan fingerprint density at radius 1 is 1.14 bits per heavy atom. The van der Waals surface area contributed by atoms with Gasteiger partial charge in [0.15, 0.2) is 0 Å². The summed E-state index contributed by atoms with van der Waals surface area (Å²) in [7, 11) is 0. The molecule has 3 unspecified atom stereocenters. The number of thiophene rings is 1. The summed E-state index contributed by atoms with van der Waals surface area (Å²) in [5.74, 6) is -0.0776. The number of anilines is 1. The number of nitrogens with zero attached hydrogens (tertiary/aromatic N) is 2. The first-order valence-corrected chi connectivity index (χ1v) is 11.2. The molecular formula is C23H22ClN3OS. The van der Waals surface area contributed by atoms with Crippen molar-refractivity contribution in [2.75, 3.05) is 4.90 Å². The van der Waals surface area contributed by atoms with Gasteiger partial charge in [-0.2, -0.15) is 0 Å².